The molecule has 32 heavy (non-hydrogen) atoms. The SMILES string of the molecule is O=C1C[C@@H]2[C@@H](CC[C@@H](F)COc3cccc(C(F)(F)F)c3)[C@H](OC3CCCCO3)C[C@@H]2O1. The number of ether oxygens (including phenoxy) is 4. The zero-order chi connectivity index (χ0) is 22.7. The number of halogens is 4. The summed E-state index contributed by atoms with van der Waals surface area (Å²) in [6.07, 6.45) is -2.12. The third-order valence-electron chi connectivity index (χ3n) is 6.52. The van der Waals surface area contributed by atoms with Gasteiger partial charge in [0.2, 0.25) is 0 Å². The first-order valence-corrected chi connectivity index (χ1v) is 11.2. The van der Waals surface area contributed by atoms with Crippen molar-refractivity contribution in [3.63, 3.8) is 0 Å². The summed E-state index contributed by atoms with van der Waals surface area (Å²) in [5.41, 5.74) is -0.835. The molecule has 1 aromatic rings. The Morgan fingerprint density at radius 2 is 2.06 bits per heavy atom. The van der Waals surface area contributed by atoms with Gasteiger partial charge < -0.3 is 18.9 Å². The smallest absolute Gasteiger partial charge is 0.416 e. The summed E-state index contributed by atoms with van der Waals surface area (Å²) < 4.78 is 75.5. The maximum atomic E-state index is 14.6. The molecule has 1 saturated carbocycles. The summed E-state index contributed by atoms with van der Waals surface area (Å²) >= 11 is 0. The molecular weight excluding hydrogens is 432 g/mol. The Bertz CT molecular complexity index is 780. The first-order valence-electron chi connectivity index (χ1n) is 11.2. The van der Waals surface area contributed by atoms with Gasteiger partial charge in [-0.2, -0.15) is 13.2 Å². The van der Waals surface area contributed by atoms with E-state index in [-0.39, 0.29) is 55.1 Å². The highest BCUT2D eigenvalue weighted by molar-refractivity contribution is 5.72. The minimum absolute atomic E-state index is 0.00678. The van der Waals surface area contributed by atoms with E-state index in [2.05, 4.69) is 0 Å². The van der Waals surface area contributed by atoms with E-state index < -0.39 is 17.9 Å². The molecule has 6 atom stereocenters. The van der Waals surface area contributed by atoms with Crippen LogP contribution in [0.5, 0.6) is 5.75 Å². The molecule has 2 heterocycles. The van der Waals surface area contributed by atoms with Gasteiger partial charge >= 0.3 is 12.1 Å². The van der Waals surface area contributed by atoms with Gasteiger partial charge in [-0.05, 0) is 56.2 Å². The van der Waals surface area contributed by atoms with Gasteiger partial charge in [-0.25, -0.2) is 4.39 Å². The molecule has 1 aliphatic carbocycles. The molecule has 3 fully saturated rings. The van der Waals surface area contributed by atoms with E-state index in [1.54, 1.807) is 0 Å². The Morgan fingerprint density at radius 3 is 2.81 bits per heavy atom. The van der Waals surface area contributed by atoms with Crippen molar-refractivity contribution in [1.29, 1.82) is 0 Å². The van der Waals surface area contributed by atoms with E-state index in [4.69, 9.17) is 18.9 Å². The Balaban J connectivity index is 1.30. The molecule has 0 bridgehead atoms. The van der Waals surface area contributed by atoms with Crippen molar-refractivity contribution in [1.82, 2.24) is 0 Å². The fraction of sp³-hybridized carbons (Fsp3) is 0.696. The highest BCUT2D eigenvalue weighted by atomic mass is 19.4. The first kappa shape index (κ1) is 23.3. The normalized spacial score (nSPS) is 31.2. The van der Waals surface area contributed by atoms with Crippen LogP contribution in [-0.4, -0.2) is 43.9 Å². The molecule has 0 amide bonds. The van der Waals surface area contributed by atoms with Crippen molar-refractivity contribution in [2.75, 3.05) is 13.2 Å². The van der Waals surface area contributed by atoms with Crippen molar-refractivity contribution < 1.29 is 41.3 Å². The summed E-state index contributed by atoms with van der Waals surface area (Å²) in [5, 5.41) is 0. The number of hydrogen-bond acceptors (Lipinski definition) is 5. The van der Waals surface area contributed by atoms with Crippen LogP contribution in [0, 0.1) is 11.8 Å². The number of rotatable bonds is 8. The van der Waals surface area contributed by atoms with Crippen LogP contribution in [0.25, 0.3) is 0 Å². The lowest BCUT2D eigenvalue weighted by atomic mass is 9.87. The van der Waals surface area contributed by atoms with Gasteiger partial charge in [0.25, 0.3) is 0 Å². The monoisotopic (exact) mass is 460 g/mol. The van der Waals surface area contributed by atoms with E-state index in [1.165, 1.54) is 12.1 Å². The molecule has 0 spiro atoms. The number of esters is 1. The van der Waals surface area contributed by atoms with E-state index in [1.807, 2.05) is 0 Å². The molecule has 178 valence electrons. The first-order chi connectivity index (χ1) is 15.3. The van der Waals surface area contributed by atoms with Crippen molar-refractivity contribution in [2.45, 2.75) is 75.8 Å². The maximum Gasteiger partial charge on any atom is 0.416 e. The summed E-state index contributed by atoms with van der Waals surface area (Å²) in [6, 6.07) is 4.41. The lowest BCUT2D eigenvalue weighted by Gasteiger charge is -2.30. The fourth-order valence-corrected chi connectivity index (χ4v) is 4.93. The third-order valence-corrected chi connectivity index (χ3v) is 6.52. The van der Waals surface area contributed by atoms with Crippen LogP contribution < -0.4 is 4.74 Å². The van der Waals surface area contributed by atoms with Gasteiger partial charge in [0.05, 0.1) is 18.1 Å². The zero-order valence-electron chi connectivity index (χ0n) is 17.7. The summed E-state index contributed by atoms with van der Waals surface area (Å²) in [6.45, 7) is 0.318. The Kier molecular flexibility index (Phi) is 7.24. The van der Waals surface area contributed by atoms with Gasteiger partial charge in [-0.15, -0.1) is 0 Å². The molecule has 1 aromatic carbocycles. The second-order valence-electron chi connectivity index (χ2n) is 8.78. The van der Waals surface area contributed by atoms with Gasteiger partial charge in [0.1, 0.15) is 24.6 Å². The van der Waals surface area contributed by atoms with Crippen LogP contribution in [0.3, 0.4) is 0 Å². The predicted molar refractivity (Wildman–Crippen MR) is 106 cm³/mol. The average molecular weight is 460 g/mol. The number of benzene rings is 1. The number of carbonyl (C=O) groups is 1. The predicted octanol–water partition coefficient (Wildman–Crippen LogP) is 5.07. The van der Waals surface area contributed by atoms with Crippen molar-refractivity contribution in [3.8, 4) is 5.75 Å². The summed E-state index contributed by atoms with van der Waals surface area (Å²) in [5.74, 6) is -0.299. The van der Waals surface area contributed by atoms with Crippen molar-refractivity contribution in [3.05, 3.63) is 29.8 Å². The lowest BCUT2D eigenvalue weighted by Crippen LogP contribution is -2.32. The number of alkyl halides is 4. The van der Waals surface area contributed by atoms with E-state index in [9.17, 15) is 22.4 Å². The van der Waals surface area contributed by atoms with Crippen LogP contribution in [0.1, 0.15) is 50.5 Å². The highest BCUT2D eigenvalue weighted by Crippen LogP contribution is 2.45. The largest absolute Gasteiger partial charge is 0.491 e. The minimum atomic E-state index is -4.48. The molecular formula is C23H28F4O5. The standard InChI is InChI=1S/C23H28F4O5/c24-15(13-30-16-5-3-4-14(10-16)23(25,26)27)7-8-17-18-11-21(28)31-20(18)12-19(17)32-22-6-1-2-9-29-22/h3-5,10,15,17-20,22H,1-2,6-9,11-13H2/t15-,17-,18-,19-,20+,22?/m1/s1. The van der Waals surface area contributed by atoms with Gasteiger partial charge in [-0.3, -0.25) is 4.79 Å². The maximum absolute atomic E-state index is 14.6. The molecule has 3 aliphatic rings. The molecule has 0 aromatic heterocycles. The Hall–Kier alpha value is -1.87. The van der Waals surface area contributed by atoms with Crippen LogP contribution in [0.2, 0.25) is 0 Å². The number of hydrogen-bond donors (Lipinski definition) is 0. The molecule has 2 aliphatic heterocycles. The quantitative estimate of drug-likeness (QED) is 0.401. The lowest BCUT2D eigenvalue weighted by molar-refractivity contribution is -0.197. The van der Waals surface area contributed by atoms with Crippen molar-refractivity contribution >= 4 is 5.97 Å². The van der Waals surface area contributed by atoms with Crippen LogP contribution in [0.4, 0.5) is 17.6 Å². The van der Waals surface area contributed by atoms with Gasteiger partial charge in [0, 0.05) is 18.9 Å². The van der Waals surface area contributed by atoms with Crippen LogP contribution >= 0.6 is 0 Å². The molecule has 2 saturated heterocycles. The van der Waals surface area contributed by atoms with E-state index in [0.717, 1.165) is 31.4 Å². The summed E-state index contributed by atoms with van der Waals surface area (Å²) in [4.78, 5) is 11.7. The van der Waals surface area contributed by atoms with Crippen molar-refractivity contribution in [2.24, 2.45) is 11.8 Å². The molecule has 4 rings (SSSR count). The molecule has 0 radical (unpaired) electrons. The van der Waals surface area contributed by atoms with Gasteiger partial charge in [0.15, 0.2) is 6.29 Å². The number of carbonyl (C=O) groups excluding carboxylic acids is 1. The van der Waals surface area contributed by atoms with Gasteiger partial charge in [-0.1, -0.05) is 6.07 Å². The second kappa shape index (κ2) is 9.95. The average Bonchev–Trinajstić information content (AvgIpc) is 3.26. The second-order valence-corrected chi connectivity index (χ2v) is 8.78. The fourth-order valence-electron chi connectivity index (χ4n) is 4.93. The molecule has 0 N–H and O–H groups in total. The van der Waals surface area contributed by atoms with E-state index >= 15 is 0 Å². The van der Waals surface area contributed by atoms with Crippen LogP contribution in [0.15, 0.2) is 24.3 Å². The summed E-state index contributed by atoms with van der Waals surface area (Å²) in [7, 11) is 0. The molecule has 5 nitrogen and oxygen atoms in total. The minimum Gasteiger partial charge on any atom is -0.491 e. The Morgan fingerprint density at radius 1 is 1.22 bits per heavy atom. The zero-order valence-corrected chi connectivity index (χ0v) is 17.7. The molecule has 1 unspecified atom stereocenters. The third kappa shape index (κ3) is 5.73. The van der Waals surface area contributed by atoms with E-state index in [0.29, 0.717) is 25.9 Å². The topological polar surface area (TPSA) is 54.0 Å². The Labute approximate surface area is 184 Å². The highest BCUT2D eigenvalue weighted by Gasteiger charge is 2.51. The molecule has 9 heteroatoms. The number of fused-ring (bicyclic) bond motifs is 1. The van der Waals surface area contributed by atoms with Crippen LogP contribution in [-0.2, 0) is 25.2 Å².